The predicted molar refractivity (Wildman–Crippen MR) is 102 cm³/mol. The van der Waals surface area contributed by atoms with Crippen molar-refractivity contribution in [2.45, 2.75) is 69.2 Å². The van der Waals surface area contributed by atoms with E-state index < -0.39 is 0 Å². The van der Waals surface area contributed by atoms with Crippen LogP contribution in [-0.2, 0) is 21.7 Å². The molecule has 0 nitrogen and oxygen atoms in total. The van der Waals surface area contributed by atoms with E-state index in [4.69, 9.17) is 0 Å². The maximum absolute atomic E-state index is 2.20. The summed E-state index contributed by atoms with van der Waals surface area (Å²) >= 11 is 0. The molecular weight excluding hydrogens is 312 g/mol. The van der Waals surface area contributed by atoms with Crippen LogP contribution in [0.3, 0.4) is 0 Å². The van der Waals surface area contributed by atoms with Crippen LogP contribution in [0.1, 0.15) is 69.2 Å². The monoisotopic (exact) mass is 348 g/mol. The van der Waals surface area contributed by atoms with Gasteiger partial charge in [-0.1, -0.05) is 69.2 Å². The molecule has 0 aromatic carbocycles. The van der Waals surface area contributed by atoms with Crippen LogP contribution < -0.4 is 0 Å². The number of hydrogen-bond acceptors (Lipinski definition) is 0. The third-order valence-electron chi connectivity index (χ3n) is 5.62. The molecule has 2 aliphatic carbocycles. The Morgan fingerprint density at radius 2 is 0.304 bits per heavy atom. The summed E-state index contributed by atoms with van der Waals surface area (Å²) in [6.07, 6.45) is 0. The van der Waals surface area contributed by atoms with Crippen LogP contribution in [0.25, 0.3) is 0 Å². The maximum Gasteiger partial charge on any atom is 2.00 e. The first-order valence-corrected chi connectivity index (χ1v) is 7.50. The first-order chi connectivity index (χ1) is 9.11. The molecule has 0 bridgehead atoms. The fourth-order valence-electron chi connectivity index (χ4n) is 2.81. The number of hydrogen-bond donors (Lipinski definition) is 0. The van der Waals surface area contributed by atoms with Gasteiger partial charge in [-0.2, -0.15) is 0 Å². The van der Waals surface area contributed by atoms with Crippen LogP contribution in [-0.4, -0.2) is 0 Å². The summed E-state index contributed by atoms with van der Waals surface area (Å²) in [6.45, 7) is 22.0. The van der Waals surface area contributed by atoms with E-state index >= 15 is 0 Å². The molecule has 23 heavy (non-hydrogen) atoms. The summed E-state index contributed by atoms with van der Waals surface area (Å²) in [4.78, 5) is 0. The Morgan fingerprint density at radius 1 is 0.261 bits per heavy atom. The van der Waals surface area contributed by atoms with Gasteiger partial charge in [0.1, 0.15) is 0 Å². The molecule has 0 unspecified atom stereocenters. The maximum atomic E-state index is 2.20. The van der Waals surface area contributed by atoms with Crippen LogP contribution in [0.15, 0.2) is 0 Å². The molecule has 2 fully saturated rings. The second kappa shape index (κ2) is 11.4. The molecule has 128 valence electrons. The molecule has 0 N–H and O–H groups in total. The molecular formula is C22H36Ti. The fraction of sp³-hybridized carbons (Fsp3) is 0.455. The zero-order valence-corrected chi connectivity index (χ0v) is 19.1. The topological polar surface area (TPSA) is 0 Å². The predicted octanol–water partition coefficient (Wildman–Crippen LogP) is 6.84. The molecule has 0 saturated heterocycles. The van der Waals surface area contributed by atoms with Crippen molar-refractivity contribution >= 4 is 0 Å². The van der Waals surface area contributed by atoms with Crippen LogP contribution in [0.4, 0.5) is 0 Å². The summed E-state index contributed by atoms with van der Waals surface area (Å²) in [5, 5.41) is 0. The van der Waals surface area contributed by atoms with E-state index in [9.17, 15) is 0 Å². The van der Waals surface area contributed by atoms with Gasteiger partial charge >= 0.3 is 21.7 Å². The zero-order valence-electron chi connectivity index (χ0n) is 17.5. The second-order valence-corrected chi connectivity index (χ2v) is 6.25. The minimum atomic E-state index is 0. The Kier molecular flexibility index (Phi) is 14.1. The van der Waals surface area contributed by atoms with Crippen molar-refractivity contribution in [1.29, 1.82) is 0 Å². The third-order valence-corrected chi connectivity index (χ3v) is 5.62. The van der Waals surface area contributed by atoms with Gasteiger partial charge < -0.3 is 14.9 Å². The Hall–Kier alpha value is 0.714. The number of rotatable bonds is 0. The average molecular weight is 348 g/mol. The minimum Gasteiger partial charge on any atom is -0.358 e. The Balaban J connectivity index is -0.000000308. The van der Waals surface area contributed by atoms with Gasteiger partial charge in [-0.15, -0.1) is 0 Å². The van der Waals surface area contributed by atoms with Gasteiger partial charge in [-0.3, -0.25) is 0 Å². The van der Waals surface area contributed by atoms with Gasteiger partial charge in [0.2, 0.25) is 0 Å². The van der Waals surface area contributed by atoms with Crippen molar-refractivity contribution in [2.24, 2.45) is 0 Å². The standard InChI is InChI=1S/2C10H15.2CH3.Ti/c2*1-6-7(2)9(4)10(5)8(6)3;;;/h2*1-5H3;2*1H3;/q;;2*-1;+2. The summed E-state index contributed by atoms with van der Waals surface area (Å²) < 4.78 is 0. The van der Waals surface area contributed by atoms with Gasteiger partial charge in [0.25, 0.3) is 0 Å². The summed E-state index contributed by atoms with van der Waals surface area (Å²) in [5.41, 5.74) is 0. The van der Waals surface area contributed by atoms with Crippen molar-refractivity contribution < 1.29 is 21.7 Å². The SMILES string of the molecule is C[C]1[C](C)[C](C)[C](C)[C]1C.C[C]1[C](C)[C](C)[C](C)[C]1C.[CH3-].[CH3-].[Ti+2]. The first kappa shape index (κ1) is 28.5. The van der Waals surface area contributed by atoms with Gasteiger partial charge in [0, 0.05) is 0 Å². The quantitative estimate of drug-likeness (QED) is 0.332. The summed E-state index contributed by atoms with van der Waals surface area (Å²) in [7, 11) is 0. The van der Waals surface area contributed by atoms with E-state index in [-0.39, 0.29) is 36.6 Å². The van der Waals surface area contributed by atoms with Crippen molar-refractivity contribution in [3.05, 3.63) is 74.0 Å². The van der Waals surface area contributed by atoms with E-state index in [0.29, 0.717) is 0 Å². The molecule has 0 atom stereocenters. The fourth-order valence-corrected chi connectivity index (χ4v) is 2.81. The van der Waals surface area contributed by atoms with E-state index in [1.807, 2.05) is 0 Å². The summed E-state index contributed by atoms with van der Waals surface area (Å²) in [6, 6.07) is 0. The van der Waals surface area contributed by atoms with Gasteiger partial charge in [-0.25, -0.2) is 0 Å². The van der Waals surface area contributed by atoms with Crippen LogP contribution in [0.2, 0.25) is 0 Å². The molecule has 0 amide bonds. The van der Waals surface area contributed by atoms with Crippen molar-refractivity contribution in [1.82, 2.24) is 0 Å². The molecule has 10 radical (unpaired) electrons. The zero-order chi connectivity index (χ0) is 15.8. The molecule has 0 spiro atoms. The van der Waals surface area contributed by atoms with Gasteiger partial charge in [0.15, 0.2) is 0 Å². The Labute approximate surface area is 164 Å². The van der Waals surface area contributed by atoms with Crippen LogP contribution in [0, 0.1) is 74.0 Å². The molecule has 1 heteroatoms. The van der Waals surface area contributed by atoms with Gasteiger partial charge in [0.05, 0.1) is 0 Å². The molecule has 0 heterocycles. The molecule has 2 saturated carbocycles. The van der Waals surface area contributed by atoms with Crippen molar-refractivity contribution in [3.63, 3.8) is 0 Å². The van der Waals surface area contributed by atoms with Crippen LogP contribution >= 0.6 is 0 Å². The van der Waals surface area contributed by atoms with Crippen LogP contribution in [0.5, 0.6) is 0 Å². The van der Waals surface area contributed by atoms with Gasteiger partial charge in [-0.05, 0) is 59.2 Å². The van der Waals surface area contributed by atoms with E-state index in [2.05, 4.69) is 69.2 Å². The third kappa shape index (κ3) is 5.88. The molecule has 0 aromatic rings. The molecule has 2 aliphatic rings. The molecule has 0 aliphatic heterocycles. The molecule has 2 rings (SSSR count). The van der Waals surface area contributed by atoms with E-state index in [1.54, 1.807) is 0 Å². The Bertz CT molecular complexity index is 181. The minimum absolute atomic E-state index is 0. The van der Waals surface area contributed by atoms with Crippen molar-refractivity contribution in [2.75, 3.05) is 0 Å². The summed E-state index contributed by atoms with van der Waals surface area (Å²) in [5.74, 6) is 14.7. The molecule has 0 aromatic heterocycles. The van der Waals surface area contributed by atoms with E-state index in [0.717, 1.165) is 0 Å². The Morgan fingerprint density at radius 3 is 0.348 bits per heavy atom. The average Bonchev–Trinajstić information content (AvgIpc) is 2.71. The second-order valence-electron chi connectivity index (χ2n) is 6.25. The largest absolute Gasteiger partial charge is 2.00 e. The normalized spacial score (nSPS) is 24.8. The smallest absolute Gasteiger partial charge is 0.358 e. The first-order valence-electron chi connectivity index (χ1n) is 7.50. The van der Waals surface area contributed by atoms with E-state index in [1.165, 1.54) is 59.2 Å². The van der Waals surface area contributed by atoms with Crippen molar-refractivity contribution in [3.8, 4) is 0 Å².